The van der Waals surface area contributed by atoms with Gasteiger partial charge >= 0.3 is 0 Å². The van der Waals surface area contributed by atoms with Gasteiger partial charge in [0.15, 0.2) is 0 Å². The van der Waals surface area contributed by atoms with Gasteiger partial charge in [0.25, 0.3) is 5.91 Å². The highest BCUT2D eigenvalue weighted by Gasteiger charge is 2.21. The maximum Gasteiger partial charge on any atom is 0.255 e. The molecule has 0 spiro atoms. The lowest BCUT2D eigenvalue weighted by atomic mass is 10.2. The zero-order valence-electron chi connectivity index (χ0n) is 14.8. The molecule has 1 amide bonds. The zero-order valence-corrected chi connectivity index (χ0v) is 14.8. The molecule has 132 valence electrons. The Bertz CT molecular complexity index is 942. The van der Waals surface area contributed by atoms with Crippen molar-refractivity contribution in [1.82, 2.24) is 19.9 Å². The van der Waals surface area contributed by atoms with Gasteiger partial charge in [-0.25, -0.2) is 4.98 Å². The quantitative estimate of drug-likeness (QED) is 0.713. The number of anilines is 1. The number of aryl methyl sites for hydroxylation is 1. The lowest BCUT2D eigenvalue weighted by Gasteiger charge is -2.23. The molecular weight excluding hydrogens is 326 g/mol. The standard InChI is InChI=1S/C20H21N5O/c1-15-11-16(13-21-12-15)20(26)25-8-4-7-24(9-10-25)19-14-22-17-5-2-3-6-18(17)23-19/h2-3,5-6,11-14H,4,7-10H2,1H3. The number of rotatable bonds is 2. The van der Waals surface area contributed by atoms with E-state index in [9.17, 15) is 4.79 Å². The third-order valence-corrected chi connectivity index (χ3v) is 4.66. The molecule has 0 aliphatic carbocycles. The second-order valence-corrected chi connectivity index (χ2v) is 6.60. The number of nitrogens with zero attached hydrogens (tertiary/aromatic N) is 5. The molecule has 26 heavy (non-hydrogen) atoms. The van der Waals surface area contributed by atoms with Crippen LogP contribution in [-0.2, 0) is 0 Å². The van der Waals surface area contributed by atoms with Gasteiger partial charge in [-0.05, 0) is 37.1 Å². The molecule has 3 heterocycles. The molecule has 0 atom stereocenters. The molecule has 1 fully saturated rings. The van der Waals surface area contributed by atoms with Crippen molar-refractivity contribution >= 4 is 22.8 Å². The minimum atomic E-state index is 0.0487. The monoisotopic (exact) mass is 347 g/mol. The largest absolute Gasteiger partial charge is 0.353 e. The van der Waals surface area contributed by atoms with E-state index in [1.807, 2.05) is 48.4 Å². The number of amides is 1. The molecule has 0 N–H and O–H groups in total. The highest BCUT2D eigenvalue weighted by atomic mass is 16.2. The Hall–Kier alpha value is -3.02. The van der Waals surface area contributed by atoms with Crippen LogP contribution in [0.4, 0.5) is 5.82 Å². The Kier molecular flexibility index (Phi) is 4.48. The molecule has 0 saturated carbocycles. The molecule has 1 saturated heterocycles. The van der Waals surface area contributed by atoms with E-state index in [2.05, 4.69) is 14.9 Å². The molecule has 0 unspecified atom stereocenters. The van der Waals surface area contributed by atoms with E-state index < -0.39 is 0 Å². The number of benzene rings is 1. The van der Waals surface area contributed by atoms with Crippen LogP contribution in [0.25, 0.3) is 11.0 Å². The first-order valence-electron chi connectivity index (χ1n) is 8.88. The van der Waals surface area contributed by atoms with Gasteiger partial charge in [0.2, 0.25) is 0 Å². The van der Waals surface area contributed by atoms with E-state index in [-0.39, 0.29) is 5.91 Å². The number of hydrogen-bond acceptors (Lipinski definition) is 5. The number of hydrogen-bond donors (Lipinski definition) is 0. The third kappa shape index (κ3) is 3.35. The van der Waals surface area contributed by atoms with Crippen molar-refractivity contribution in [2.45, 2.75) is 13.3 Å². The fourth-order valence-corrected chi connectivity index (χ4v) is 3.30. The fraction of sp³-hybridized carbons (Fsp3) is 0.300. The van der Waals surface area contributed by atoms with E-state index in [1.54, 1.807) is 12.4 Å². The highest BCUT2D eigenvalue weighted by molar-refractivity contribution is 5.94. The van der Waals surface area contributed by atoms with E-state index in [0.29, 0.717) is 12.1 Å². The van der Waals surface area contributed by atoms with E-state index in [1.165, 1.54) is 0 Å². The van der Waals surface area contributed by atoms with Gasteiger partial charge in [-0.2, -0.15) is 0 Å². The van der Waals surface area contributed by atoms with Crippen LogP contribution < -0.4 is 4.90 Å². The van der Waals surface area contributed by atoms with E-state index in [0.717, 1.165) is 48.5 Å². The molecule has 2 aromatic heterocycles. The fourth-order valence-electron chi connectivity index (χ4n) is 3.30. The van der Waals surface area contributed by atoms with Crippen LogP contribution in [0.5, 0.6) is 0 Å². The lowest BCUT2D eigenvalue weighted by molar-refractivity contribution is 0.0766. The summed E-state index contributed by atoms with van der Waals surface area (Å²) >= 11 is 0. The second-order valence-electron chi connectivity index (χ2n) is 6.60. The molecule has 3 aromatic rings. The Labute approximate surface area is 152 Å². The summed E-state index contributed by atoms with van der Waals surface area (Å²) in [4.78, 5) is 30.3. The Morgan fingerprint density at radius 1 is 1.00 bits per heavy atom. The average molecular weight is 347 g/mol. The molecular formula is C20H21N5O. The minimum Gasteiger partial charge on any atom is -0.353 e. The number of para-hydroxylation sites is 2. The van der Waals surface area contributed by atoms with Gasteiger partial charge in [0.05, 0.1) is 22.8 Å². The van der Waals surface area contributed by atoms with Gasteiger partial charge in [-0.15, -0.1) is 0 Å². The van der Waals surface area contributed by atoms with Crippen LogP contribution in [0.2, 0.25) is 0 Å². The maximum atomic E-state index is 12.8. The highest BCUT2D eigenvalue weighted by Crippen LogP contribution is 2.18. The summed E-state index contributed by atoms with van der Waals surface area (Å²) in [5.41, 5.74) is 3.45. The summed E-state index contributed by atoms with van der Waals surface area (Å²) in [6, 6.07) is 9.77. The predicted molar refractivity (Wildman–Crippen MR) is 101 cm³/mol. The summed E-state index contributed by atoms with van der Waals surface area (Å²) in [5, 5.41) is 0. The average Bonchev–Trinajstić information content (AvgIpc) is 2.93. The van der Waals surface area contributed by atoms with Gasteiger partial charge in [0.1, 0.15) is 5.82 Å². The Morgan fingerprint density at radius 2 is 1.85 bits per heavy atom. The van der Waals surface area contributed by atoms with E-state index in [4.69, 9.17) is 4.98 Å². The summed E-state index contributed by atoms with van der Waals surface area (Å²) in [6.45, 7) is 4.97. The first kappa shape index (κ1) is 16.4. The van der Waals surface area contributed by atoms with Gasteiger partial charge < -0.3 is 9.80 Å². The van der Waals surface area contributed by atoms with Crippen molar-refractivity contribution in [2.75, 3.05) is 31.1 Å². The van der Waals surface area contributed by atoms with Gasteiger partial charge in [0, 0.05) is 38.6 Å². The molecule has 1 aliphatic rings. The number of aromatic nitrogens is 3. The van der Waals surface area contributed by atoms with Gasteiger partial charge in [-0.3, -0.25) is 14.8 Å². The molecule has 1 aliphatic heterocycles. The lowest BCUT2D eigenvalue weighted by Crippen LogP contribution is -2.35. The number of carbonyl (C=O) groups is 1. The van der Waals surface area contributed by atoms with Gasteiger partial charge in [-0.1, -0.05) is 12.1 Å². The molecule has 6 nitrogen and oxygen atoms in total. The topological polar surface area (TPSA) is 62.2 Å². The van der Waals surface area contributed by atoms with Crippen molar-refractivity contribution in [2.24, 2.45) is 0 Å². The van der Waals surface area contributed by atoms with Crippen LogP contribution in [0.3, 0.4) is 0 Å². The molecule has 1 aromatic carbocycles. The molecule has 4 rings (SSSR count). The SMILES string of the molecule is Cc1cncc(C(=O)N2CCCN(c3cnc4ccccc4n3)CC2)c1. The number of pyridine rings is 1. The summed E-state index contributed by atoms with van der Waals surface area (Å²) in [7, 11) is 0. The van der Waals surface area contributed by atoms with Crippen LogP contribution in [0.15, 0.2) is 48.9 Å². The van der Waals surface area contributed by atoms with Crippen molar-refractivity contribution in [3.05, 3.63) is 60.0 Å². The first-order valence-corrected chi connectivity index (χ1v) is 8.88. The van der Waals surface area contributed by atoms with E-state index >= 15 is 0 Å². The first-order chi connectivity index (χ1) is 12.7. The Balaban J connectivity index is 1.49. The smallest absolute Gasteiger partial charge is 0.255 e. The minimum absolute atomic E-state index is 0.0487. The molecule has 0 bridgehead atoms. The number of fused-ring (bicyclic) bond motifs is 1. The van der Waals surface area contributed by atoms with Crippen molar-refractivity contribution in [1.29, 1.82) is 0 Å². The molecule has 0 radical (unpaired) electrons. The van der Waals surface area contributed by atoms with Crippen LogP contribution in [0.1, 0.15) is 22.3 Å². The van der Waals surface area contributed by atoms with Crippen LogP contribution in [-0.4, -0.2) is 51.9 Å². The van der Waals surface area contributed by atoms with Crippen LogP contribution >= 0.6 is 0 Å². The molecule has 6 heteroatoms. The normalized spacial score (nSPS) is 15.1. The zero-order chi connectivity index (χ0) is 17.9. The maximum absolute atomic E-state index is 12.8. The third-order valence-electron chi connectivity index (χ3n) is 4.66. The second kappa shape index (κ2) is 7.07. The Morgan fingerprint density at radius 3 is 2.69 bits per heavy atom. The summed E-state index contributed by atoms with van der Waals surface area (Å²) in [6.07, 6.45) is 6.13. The number of carbonyl (C=O) groups excluding carboxylic acids is 1. The summed E-state index contributed by atoms with van der Waals surface area (Å²) in [5.74, 6) is 0.919. The van der Waals surface area contributed by atoms with Crippen molar-refractivity contribution < 1.29 is 4.79 Å². The van der Waals surface area contributed by atoms with Crippen molar-refractivity contribution in [3.8, 4) is 0 Å². The van der Waals surface area contributed by atoms with Crippen LogP contribution in [0, 0.1) is 6.92 Å². The summed E-state index contributed by atoms with van der Waals surface area (Å²) < 4.78 is 0. The van der Waals surface area contributed by atoms with Crippen molar-refractivity contribution in [3.63, 3.8) is 0 Å². The predicted octanol–water partition coefficient (Wildman–Crippen LogP) is 2.69.